The van der Waals surface area contributed by atoms with Gasteiger partial charge >= 0.3 is 0 Å². The van der Waals surface area contributed by atoms with E-state index in [4.69, 9.17) is 23.4 Å². The van der Waals surface area contributed by atoms with Gasteiger partial charge in [0.1, 0.15) is 71.3 Å². The van der Waals surface area contributed by atoms with E-state index in [0.29, 0.717) is 0 Å². The predicted octanol–water partition coefficient (Wildman–Crippen LogP) is -3.07. The number of rotatable bonds is 7. The topological polar surface area (TPSA) is 290 Å². The molecule has 17 nitrogen and oxygen atoms in total. The van der Waals surface area contributed by atoms with Crippen molar-refractivity contribution in [3.8, 4) is 40.1 Å². The second-order valence-electron chi connectivity index (χ2n) is 10.2. The Morgan fingerprint density at radius 2 is 1.23 bits per heavy atom. The Hall–Kier alpha value is -3.75. The van der Waals surface area contributed by atoms with E-state index in [1.807, 2.05) is 0 Å². The lowest BCUT2D eigenvalue weighted by atomic mass is 9.99. The summed E-state index contributed by atoms with van der Waals surface area (Å²) in [4.78, 5) is 13.7. The maximum Gasteiger partial charge on any atom is 0.239 e. The number of phenols is 3. The van der Waals surface area contributed by atoms with Crippen LogP contribution < -0.4 is 14.9 Å². The molecule has 1 aromatic heterocycles. The van der Waals surface area contributed by atoms with Gasteiger partial charge < -0.3 is 79.5 Å². The lowest BCUT2D eigenvalue weighted by Crippen LogP contribution is -2.60. The number of ether oxygens (including phenoxy) is 4. The van der Waals surface area contributed by atoms with Gasteiger partial charge in [-0.2, -0.15) is 0 Å². The standard InChI is InChI=1S/C27H30O17/c28-6-14-17(33)20(36)22(38)26(42-14)40-9-4-12(32)16-13(5-9)41-24(8-1-2-10(30)11(31)3-8)25(19(16)35)44-27-23(39)21(37)18(34)15(7-29)43-27/h1-5,14-15,17-18,20-23,26-34,36-39H,6-7H2/t14-,15-,17-,18-,20+,21-,22-,23-,26-,27+/m1/s1. The molecule has 2 aliphatic rings. The van der Waals surface area contributed by atoms with Crippen LogP contribution in [-0.4, -0.2) is 131 Å². The quantitative estimate of drug-likeness (QED) is 0.116. The van der Waals surface area contributed by atoms with Crippen molar-refractivity contribution in [3.05, 3.63) is 40.6 Å². The van der Waals surface area contributed by atoms with E-state index >= 15 is 0 Å². The molecule has 2 saturated heterocycles. The van der Waals surface area contributed by atoms with Crippen molar-refractivity contribution in [1.82, 2.24) is 0 Å². The first-order chi connectivity index (χ1) is 20.9. The number of fused-ring (bicyclic) bond motifs is 1. The number of aromatic hydroxyl groups is 3. The van der Waals surface area contributed by atoms with Crippen LogP contribution in [0.5, 0.6) is 28.7 Å². The lowest BCUT2D eigenvalue weighted by molar-refractivity contribution is -0.277. The first-order valence-corrected chi connectivity index (χ1v) is 13.2. The first-order valence-electron chi connectivity index (χ1n) is 13.2. The molecule has 0 unspecified atom stereocenters. The van der Waals surface area contributed by atoms with Gasteiger partial charge in [0, 0.05) is 17.7 Å². The number of benzene rings is 2. The molecular weight excluding hydrogens is 596 g/mol. The van der Waals surface area contributed by atoms with E-state index in [2.05, 4.69) is 0 Å². The summed E-state index contributed by atoms with van der Waals surface area (Å²) in [5.41, 5.74) is -1.50. The van der Waals surface area contributed by atoms with Crippen LogP contribution in [0.15, 0.2) is 39.5 Å². The van der Waals surface area contributed by atoms with Crippen LogP contribution in [0.25, 0.3) is 22.3 Å². The third-order valence-corrected chi connectivity index (χ3v) is 7.33. The van der Waals surface area contributed by atoms with Crippen molar-refractivity contribution >= 4 is 11.0 Å². The molecular formula is C27H30O17. The Labute approximate surface area is 246 Å². The third-order valence-electron chi connectivity index (χ3n) is 7.33. The van der Waals surface area contributed by atoms with Gasteiger partial charge in [0.05, 0.1) is 13.2 Å². The Morgan fingerprint density at radius 1 is 0.659 bits per heavy atom. The van der Waals surface area contributed by atoms with Crippen LogP contribution in [0.3, 0.4) is 0 Å². The fraction of sp³-hybridized carbons (Fsp3) is 0.444. The normalized spacial score (nSPS) is 32.5. The van der Waals surface area contributed by atoms with Crippen molar-refractivity contribution < 1.29 is 79.5 Å². The molecule has 240 valence electrons. The van der Waals surface area contributed by atoms with E-state index in [1.54, 1.807) is 0 Å². The highest BCUT2D eigenvalue weighted by molar-refractivity contribution is 5.88. The minimum Gasteiger partial charge on any atom is -0.507 e. The molecule has 0 bridgehead atoms. The number of hydrogen-bond donors (Lipinski definition) is 11. The van der Waals surface area contributed by atoms with E-state index in [0.717, 1.165) is 24.3 Å². The molecule has 0 saturated carbocycles. The summed E-state index contributed by atoms with van der Waals surface area (Å²) in [5, 5.41) is 110. The minimum atomic E-state index is -1.94. The van der Waals surface area contributed by atoms with Gasteiger partial charge in [0.15, 0.2) is 17.3 Å². The third kappa shape index (κ3) is 5.61. The Morgan fingerprint density at radius 3 is 1.77 bits per heavy atom. The van der Waals surface area contributed by atoms with Gasteiger partial charge in [-0.25, -0.2) is 0 Å². The summed E-state index contributed by atoms with van der Waals surface area (Å²) < 4.78 is 27.6. The fourth-order valence-corrected chi connectivity index (χ4v) is 4.87. The van der Waals surface area contributed by atoms with Crippen molar-refractivity contribution in [3.63, 3.8) is 0 Å². The van der Waals surface area contributed by atoms with Gasteiger partial charge in [0.2, 0.25) is 23.8 Å². The Kier molecular flexibility index (Phi) is 8.87. The molecule has 44 heavy (non-hydrogen) atoms. The number of hydrogen-bond acceptors (Lipinski definition) is 17. The molecule has 2 fully saturated rings. The molecule has 2 aliphatic heterocycles. The number of phenolic OH excluding ortho intramolecular Hbond substituents is 3. The lowest BCUT2D eigenvalue weighted by Gasteiger charge is -2.39. The van der Waals surface area contributed by atoms with Gasteiger partial charge in [-0.05, 0) is 18.2 Å². The minimum absolute atomic E-state index is 0.0707. The smallest absolute Gasteiger partial charge is 0.239 e. The summed E-state index contributed by atoms with van der Waals surface area (Å²) in [6.45, 7) is -1.53. The predicted molar refractivity (Wildman–Crippen MR) is 142 cm³/mol. The largest absolute Gasteiger partial charge is 0.507 e. The second kappa shape index (κ2) is 12.3. The Bertz CT molecular complexity index is 1550. The van der Waals surface area contributed by atoms with Crippen LogP contribution in [0.2, 0.25) is 0 Å². The van der Waals surface area contributed by atoms with Crippen LogP contribution in [0.1, 0.15) is 0 Å². The van der Waals surface area contributed by atoms with E-state index in [1.165, 1.54) is 6.07 Å². The van der Waals surface area contributed by atoms with Crippen LogP contribution in [-0.2, 0) is 9.47 Å². The molecule has 0 aliphatic carbocycles. The molecule has 0 amide bonds. The highest BCUT2D eigenvalue weighted by Crippen LogP contribution is 2.40. The highest BCUT2D eigenvalue weighted by atomic mass is 16.7. The molecule has 10 atom stereocenters. The average Bonchev–Trinajstić information content (AvgIpc) is 2.99. The van der Waals surface area contributed by atoms with Gasteiger partial charge in [-0.1, -0.05) is 0 Å². The van der Waals surface area contributed by atoms with Gasteiger partial charge in [-0.3, -0.25) is 4.79 Å². The van der Waals surface area contributed by atoms with Gasteiger partial charge in [-0.15, -0.1) is 0 Å². The monoisotopic (exact) mass is 626 g/mol. The zero-order valence-electron chi connectivity index (χ0n) is 22.4. The highest BCUT2D eigenvalue weighted by Gasteiger charge is 2.46. The SMILES string of the molecule is O=c1c(O[C@@H]2O[C@H](CO)[C@@H](O)[C@@H](O)[C@H]2O)c(-c2ccc(O)c(O)c2)oc2cc(O[C@@H]3O[C@H](CO)[C@@H](O)[C@H](O)[C@H]3O)cc(O)c12. The summed E-state index contributed by atoms with van der Waals surface area (Å²) in [6, 6.07) is 5.27. The van der Waals surface area contributed by atoms with Crippen molar-refractivity contribution in [2.24, 2.45) is 0 Å². The van der Waals surface area contributed by atoms with Crippen LogP contribution >= 0.6 is 0 Å². The maximum absolute atomic E-state index is 13.7. The maximum atomic E-state index is 13.7. The van der Waals surface area contributed by atoms with E-state index in [-0.39, 0.29) is 16.9 Å². The Balaban J connectivity index is 1.60. The zero-order valence-corrected chi connectivity index (χ0v) is 22.4. The van der Waals surface area contributed by atoms with Crippen molar-refractivity contribution in [2.45, 2.75) is 61.4 Å². The van der Waals surface area contributed by atoms with Crippen LogP contribution in [0, 0.1) is 0 Å². The molecule has 0 radical (unpaired) electrons. The summed E-state index contributed by atoms with van der Waals surface area (Å²) in [5.74, 6) is -3.35. The molecule has 3 aromatic rings. The van der Waals surface area contributed by atoms with Crippen molar-refractivity contribution in [1.29, 1.82) is 0 Å². The zero-order chi connectivity index (χ0) is 32.0. The molecule has 0 spiro atoms. The molecule has 11 N–H and O–H groups in total. The van der Waals surface area contributed by atoms with E-state index < -0.39 is 114 Å². The average molecular weight is 627 g/mol. The molecule has 3 heterocycles. The van der Waals surface area contributed by atoms with Crippen molar-refractivity contribution in [2.75, 3.05) is 13.2 Å². The van der Waals surface area contributed by atoms with E-state index in [9.17, 15) is 61.0 Å². The number of aliphatic hydroxyl groups excluding tert-OH is 8. The molecule has 17 heteroatoms. The second-order valence-corrected chi connectivity index (χ2v) is 10.2. The van der Waals surface area contributed by atoms with Gasteiger partial charge in [0.25, 0.3) is 0 Å². The summed E-state index contributed by atoms with van der Waals surface area (Å²) in [7, 11) is 0. The number of aliphatic hydroxyl groups is 8. The summed E-state index contributed by atoms with van der Waals surface area (Å²) >= 11 is 0. The fourth-order valence-electron chi connectivity index (χ4n) is 4.87. The molecule has 2 aromatic carbocycles. The first kappa shape index (κ1) is 31.7. The molecule has 5 rings (SSSR count). The summed E-state index contributed by atoms with van der Waals surface area (Å²) in [6.07, 6.45) is -17.0. The van der Waals surface area contributed by atoms with Crippen LogP contribution in [0.4, 0.5) is 0 Å².